The lowest BCUT2D eigenvalue weighted by atomic mass is 10.1. The van der Waals surface area contributed by atoms with E-state index in [0.717, 1.165) is 16.7 Å². The van der Waals surface area contributed by atoms with Gasteiger partial charge in [0.05, 0.1) is 5.02 Å². The molecule has 0 fully saturated rings. The second-order valence-corrected chi connectivity index (χ2v) is 3.82. The Balaban J connectivity index is 2.49. The van der Waals surface area contributed by atoms with Crippen LogP contribution in [0.15, 0.2) is 36.7 Å². The summed E-state index contributed by atoms with van der Waals surface area (Å²) in [6, 6.07) is 6.18. The minimum atomic E-state index is -0.350. The number of nitrogens with zero attached hydrogens (tertiary/aromatic N) is 1. The summed E-state index contributed by atoms with van der Waals surface area (Å²) in [6.07, 6.45) is 3.37. The number of pyridine rings is 1. The molecule has 0 bridgehead atoms. The van der Waals surface area contributed by atoms with Crippen molar-refractivity contribution in [1.82, 2.24) is 4.98 Å². The molecule has 2 N–H and O–H groups in total. The molecule has 2 rings (SSSR count). The van der Waals surface area contributed by atoms with Crippen LogP contribution in [-0.2, 0) is 6.54 Å². The molecule has 0 unspecified atom stereocenters. The van der Waals surface area contributed by atoms with Crippen LogP contribution in [0.1, 0.15) is 5.56 Å². The second kappa shape index (κ2) is 4.60. The lowest BCUT2D eigenvalue weighted by molar-refractivity contribution is 0.628. The Hall–Kier alpha value is -1.45. The van der Waals surface area contributed by atoms with Gasteiger partial charge in [-0.3, -0.25) is 4.98 Å². The van der Waals surface area contributed by atoms with Gasteiger partial charge in [0, 0.05) is 30.1 Å². The highest BCUT2D eigenvalue weighted by Gasteiger charge is 2.05. The van der Waals surface area contributed by atoms with Crippen LogP contribution in [0.4, 0.5) is 4.39 Å². The molecular weight excluding hydrogens is 227 g/mol. The summed E-state index contributed by atoms with van der Waals surface area (Å²) in [5, 5.41) is 0.371. The van der Waals surface area contributed by atoms with Crippen LogP contribution in [0.5, 0.6) is 0 Å². The zero-order valence-electron chi connectivity index (χ0n) is 8.45. The first-order chi connectivity index (χ1) is 7.70. The molecule has 1 heterocycles. The van der Waals surface area contributed by atoms with Crippen LogP contribution < -0.4 is 5.73 Å². The molecular formula is C12H10ClFN2. The van der Waals surface area contributed by atoms with E-state index < -0.39 is 0 Å². The molecule has 0 saturated heterocycles. The van der Waals surface area contributed by atoms with Gasteiger partial charge in [0.25, 0.3) is 0 Å². The van der Waals surface area contributed by atoms with Crippen molar-refractivity contribution in [2.45, 2.75) is 6.54 Å². The molecule has 82 valence electrons. The van der Waals surface area contributed by atoms with Crippen molar-refractivity contribution in [3.63, 3.8) is 0 Å². The van der Waals surface area contributed by atoms with Gasteiger partial charge in [0.15, 0.2) is 0 Å². The molecule has 0 aliphatic rings. The van der Waals surface area contributed by atoms with Crippen molar-refractivity contribution in [2.24, 2.45) is 5.73 Å². The molecule has 0 amide bonds. The van der Waals surface area contributed by atoms with Gasteiger partial charge < -0.3 is 5.73 Å². The highest BCUT2D eigenvalue weighted by Crippen LogP contribution is 2.28. The summed E-state index contributed by atoms with van der Waals surface area (Å²) in [5.41, 5.74) is 8.04. The lowest BCUT2D eigenvalue weighted by Crippen LogP contribution is -1.97. The Labute approximate surface area is 97.9 Å². The van der Waals surface area contributed by atoms with Crippen LogP contribution in [0.2, 0.25) is 5.02 Å². The zero-order chi connectivity index (χ0) is 11.5. The standard InChI is InChI=1S/C12H10ClFN2/c13-12-4-10(14)1-2-11(12)9-3-8(5-15)6-16-7-9/h1-4,6-7H,5,15H2. The van der Waals surface area contributed by atoms with Gasteiger partial charge >= 0.3 is 0 Å². The molecule has 1 aromatic heterocycles. The maximum absolute atomic E-state index is 12.9. The summed E-state index contributed by atoms with van der Waals surface area (Å²) < 4.78 is 12.9. The Morgan fingerprint density at radius 1 is 1.25 bits per heavy atom. The van der Waals surface area contributed by atoms with E-state index in [2.05, 4.69) is 4.98 Å². The van der Waals surface area contributed by atoms with Gasteiger partial charge in [0.1, 0.15) is 5.82 Å². The van der Waals surface area contributed by atoms with E-state index in [0.29, 0.717) is 11.6 Å². The van der Waals surface area contributed by atoms with Gasteiger partial charge in [-0.05, 0) is 29.8 Å². The van der Waals surface area contributed by atoms with E-state index >= 15 is 0 Å². The normalized spacial score (nSPS) is 10.4. The van der Waals surface area contributed by atoms with E-state index in [4.69, 9.17) is 17.3 Å². The van der Waals surface area contributed by atoms with Gasteiger partial charge in [-0.15, -0.1) is 0 Å². The number of benzene rings is 1. The molecule has 0 radical (unpaired) electrons. The van der Waals surface area contributed by atoms with Crippen molar-refractivity contribution in [3.8, 4) is 11.1 Å². The zero-order valence-corrected chi connectivity index (χ0v) is 9.21. The number of hydrogen-bond donors (Lipinski definition) is 1. The third-order valence-electron chi connectivity index (χ3n) is 2.27. The first-order valence-corrected chi connectivity index (χ1v) is 5.18. The highest BCUT2D eigenvalue weighted by molar-refractivity contribution is 6.33. The Morgan fingerprint density at radius 3 is 2.75 bits per heavy atom. The van der Waals surface area contributed by atoms with E-state index in [-0.39, 0.29) is 5.82 Å². The van der Waals surface area contributed by atoms with E-state index in [1.165, 1.54) is 12.1 Å². The quantitative estimate of drug-likeness (QED) is 0.871. The summed E-state index contributed by atoms with van der Waals surface area (Å²) in [7, 11) is 0. The van der Waals surface area contributed by atoms with Crippen LogP contribution in [-0.4, -0.2) is 4.98 Å². The van der Waals surface area contributed by atoms with Crippen molar-refractivity contribution in [2.75, 3.05) is 0 Å². The molecule has 4 heteroatoms. The maximum Gasteiger partial charge on any atom is 0.124 e. The second-order valence-electron chi connectivity index (χ2n) is 3.41. The molecule has 16 heavy (non-hydrogen) atoms. The fraction of sp³-hybridized carbons (Fsp3) is 0.0833. The van der Waals surface area contributed by atoms with Crippen LogP contribution in [0.3, 0.4) is 0 Å². The summed E-state index contributed by atoms with van der Waals surface area (Å²) in [5.74, 6) is -0.350. The maximum atomic E-state index is 12.9. The lowest BCUT2D eigenvalue weighted by Gasteiger charge is -2.05. The van der Waals surface area contributed by atoms with E-state index in [9.17, 15) is 4.39 Å². The minimum Gasteiger partial charge on any atom is -0.326 e. The molecule has 2 aromatic rings. The van der Waals surface area contributed by atoms with Gasteiger partial charge in [-0.2, -0.15) is 0 Å². The van der Waals surface area contributed by atoms with Gasteiger partial charge in [-0.25, -0.2) is 4.39 Å². The first-order valence-electron chi connectivity index (χ1n) is 4.80. The molecule has 0 atom stereocenters. The average Bonchev–Trinajstić information content (AvgIpc) is 2.29. The van der Waals surface area contributed by atoms with Crippen LogP contribution >= 0.6 is 11.6 Å². The van der Waals surface area contributed by atoms with Crippen molar-refractivity contribution in [3.05, 3.63) is 53.1 Å². The van der Waals surface area contributed by atoms with Crippen molar-refractivity contribution >= 4 is 11.6 Å². The summed E-state index contributed by atoms with van der Waals surface area (Å²) in [4.78, 5) is 4.06. The predicted molar refractivity (Wildman–Crippen MR) is 62.5 cm³/mol. The molecule has 0 aliphatic heterocycles. The summed E-state index contributed by atoms with van der Waals surface area (Å²) in [6.45, 7) is 0.416. The number of aromatic nitrogens is 1. The number of hydrogen-bond acceptors (Lipinski definition) is 2. The number of nitrogens with two attached hydrogens (primary N) is 1. The monoisotopic (exact) mass is 236 g/mol. The number of rotatable bonds is 2. The Morgan fingerprint density at radius 2 is 2.06 bits per heavy atom. The largest absolute Gasteiger partial charge is 0.326 e. The van der Waals surface area contributed by atoms with Crippen LogP contribution in [0.25, 0.3) is 11.1 Å². The molecule has 0 saturated carbocycles. The Kier molecular flexibility index (Phi) is 3.17. The van der Waals surface area contributed by atoms with E-state index in [1.807, 2.05) is 6.07 Å². The van der Waals surface area contributed by atoms with Gasteiger partial charge in [-0.1, -0.05) is 11.6 Å². The topological polar surface area (TPSA) is 38.9 Å². The first kappa shape index (κ1) is 11.0. The Bertz CT molecular complexity index is 514. The van der Waals surface area contributed by atoms with E-state index in [1.54, 1.807) is 18.5 Å². The predicted octanol–water partition coefficient (Wildman–Crippen LogP) is 3.00. The van der Waals surface area contributed by atoms with Gasteiger partial charge in [0.2, 0.25) is 0 Å². The third kappa shape index (κ3) is 2.21. The number of halogens is 2. The minimum absolute atomic E-state index is 0.350. The smallest absolute Gasteiger partial charge is 0.124 e. The highest BCUT2D eigenvalue weighted by atomic mass is 35.5. The molecule has 1 aromatic carbocycles. The molecule has 0 aliphatic carbocycles. The van der Waals surface area contributed by atoms with Crippen LogP contribution in [0, 0.1) is 5.82 Å². The summed E-state index contributed by atoms with van der Waals surface area (Å²) >= 11 is 5.96. The fourth-order valence-corrected chi connectivity index (χ4v) is 1.75. The SMILES string of the molecule is NCc1cncc(-c2ccc(F)cc2Cl)c1. The average molecular weight is 237 g/mol. The molecule has 2 nitrogen and oxygen atoms in total. The fourth-order valence-electron chi connectivity index (χ4n) is 1.47. The van der Waals surface area contributed by atoms with Crippen molar-refractivity contribution < 1.29 is 4.39 Å². The molecule has 0 spiro atoms. The van der Waals surface area contributed by atoms with Crippen molar-refractivity contribution in [1.29, 1.82) is 0 Å². The third-order valence-corrected chi connectivity index (χ3v) is 2.59.